The van der Waals surface area contributed by atoms with Crippen molar-refractivity contribution in [2.75, 3.05) is 18.1 Å². The Morgan fingerprint density at radius 1 is 1.23 bits per heavy atom. The lowest BCUT2D eigenvalue weighted by atomic mass is 10.2. The predicted octanol–water partition coefficient (Wildman–Crippen LogP) is 1.98. The molecule has 0 saturated carbocycles. The number of rotatable bonds is 4. The van der Waals surface area contributed by atoms with Gasteiger partial charge in [0.2, 0.25) is 5.95 Å². The zero-order valence-electron chi connectivity index (χ0n) is 15.1. The second-order valence-corrected chi connectivity index (χ2v) is 6.56. The number of aryl methyl sites for hydroxylation is 3. The molecule has 1 fully saturated rings. The fraction of sp³-hybridized carbons (Fsp3) is 0.471. The van der Waals surface area contributed by atoms with E-state index in [2.05, 4.69) is 25.1 Å². The minimum Gasteiger partial charge on any atom is -0.334 e. The van der Waals surface area contributed by atoms with Crippen LogP contribution in [-0.4, -0.2) is 53.6 Å². The number of aromatic nitrogens is 7. The third-order valence-electron chi connectivity index (χ3n) is 4.71. The summed E-state index contributed by atoms with van der Waals surface area (Å²) in [5, 5.41) is 8.92. The molecule has 3 aromatic rings. The Morgan fingerprint density at radius 2 is 2.08 bits per heavy atom. The molecule has 1 aliphatic rings. The van der Waals surface area contributed by atoms with Crippen LogP contribution in [0.25, 0.3) is 17.8 Å². The second-order valence-electron chi connectivity index (χ2n) is 6.56. The van der Waals surface area contributed by atoms with Crippen molar-refractivity contribution in [2.45, 2.75) is 32.7 Å². The molecule has 0 amide bonds. The van der Waals surface area contributed by atoms with Crippen molar-refractivity contribution < 1.29 is 4.39 Å². The van der Waals surface area contributed by atoms with Gasteiger partial charge in [-0.15, -0.1) is 10.2 Å². The van der Waals surface area contributed by atoms with Gasteiger partial charge < -0.3 is 4.90 Å². The van der Waals surface area contributed by atoms with Crippen molar-refractivity contribution in [2.24, 2.45) is 7.05 Å². The van der Waals surface area contributed by atoms with E-state index in [4.69, 9.17) is 0 Å². The average molecular weight is 356 g/mol. The normalized spacial score (nSPS) is 17.8. The molecule has 26 heavy (non-hydrogen) atoms. The second kappa shape index (κ2) is 6.47. The third-order valence-corrected chi connectivity index (χ3v) is 4.71. The lowest BCUT2D eigenvalue weighted by molar-refractivity contribution is 0.425. The van der Waals surface area contributed by atoms with Crippen molar-refractivity contribution in [3.05, 3.63) is 29.2 Å². The van der Waals surface area contributed by atoms with Crippen LogP contribution in [0.15, 0.2) is 6.20 Å². The first-order chi connectivity index (χ1) is 12.6. The molecule has 0 unspecified atom stereocenters. The number of fused-ring (bicyclic) bond motifs is 1. The molecule has 0 radical (unpaired) electrons. The van der Waals surface area contributed by atoms with E-state index in [-0.39, 0.29) is 12.7 Å². The number of hydrogen-bond acceptors (Lipinski definition) is 6. The van der Waals surface area contributed by atoms with Gasteiger partial charge in [-0.3, -0.25) is 4.98 Å². The molecule has 0 spiro atoms. The van der Waals surface area contributed by atoms with Crippen LogP contribution in [0.4, 0.5) is 10.3 Å². The number of nitrogens with zero attached hydrogens (tertiary/aromatic N) is 8. The molecule has 0 bridgehead atoms. The monoisotopic (exact) mass is 356 g/mol. The molecule has 8 nitrogen and oxygen atoms in total. The number of halogens is 1. The molecule has 9 heteroatoms. The van der Waals surface area contributed by atoms with Gasteiger partial charge in [0, 0.05) is 19.8 Å². The molecule has 1 atom stereocenters. The van der Waals surface area contributed by atoms with Crippen molar-refractivity contribution >= 4 is 23.7 Å². The highest BCUT2D eigenvalue weighted by Crippen LogP contribution is 2.23. The molecule has 0 aliphatic carbocycles. The van der Waals surface area contributed by atoms with E-state index in [0.717, 1.165) is 36.4 Å². The standard InChI is InChI=1S/C17H21FN8/c1-11-10-19-12(2)16-20-14(22-26(11)16)6-7-15-21-17(23-24(15)3)25-8-4-5-13(25)9-18/h6-7,10,13H,4-5,8-9H2,1-3H3/b7-6+/t13-/m0/s1. The Balaban J connectivity index is 1.61. The zero-order valence-corrected chi connectivity index (χ0v) is 15.1. The Kier molecular flexibility index (Phi) is 4.14. The van der Waals surface area contributed by atoms with Crippen LogP contribution >= 0.6 is 0 Å². The summed E-state index contributed by atoms with van der Waals surface area (Å²) in [7, 11) is 1.83. The van der Waals surface area contributed by atoms with Gasteiger partial charge in [0.05, 0.1) is 17.4 Å². The summed E-state index contributed by atoms with van der Waals surface area (Å²) in [4.78, 5) is 15.3. The summed E-state index contributed by atoms with van der Waals surface area (Å²) in [5.74, 6) is 1.83. The average Bonchev–Trinajstić information content (AvgIpc) is 3.34. The van der Waals surface area contributed by atoms with Gasteiger partial charge in [0.25, 0.3) is 0 Å². The number of hydrogen-bond donors (Lipinski definition) is 0. The van der Waals surface area contributed by atoms with Crippen molar-refractivity contribution in [3.8, 4) is 0 Å². The van der Waals surface area contributed by atoms with Gasteiger partial charge in [-0.05, 0) is 38.8 Å². The summed E-state index contributed by atoms with van der Waals surface area (Å²) in [6.07, 6.45) is 7.21. The maximum atomic E-state index is 13.1. The van der Waals surface area contributed by atoms with Gasteiger partial charge >= 0.3 is 0 Å². The molecule has 4 rings (SSSR count). The van der Waals surface area contributed by atoms with E-state index in [0.29, 0.717) is 17.6 Å². The van der Waals surface area contributed by atoms with Crippen LogP contribution in [0.2, 0.25) is 0 Å². The summed E-state index contributed by atoms with van der Waals surface area (Å²) in [6, 6.07) is -0.118. The van der Waals surface area contributed by atoms with Crippen LogP contribution in [0.1, 0.15) is 35.9 Å². The van der Waals surface area contributed by atoms with Crippen molar-refractivity contribution in [1.29, 1.82) is 0 Å². The first kappa shape index (κ1) is 16.6. The highest BCUT2D eigenvalue weighted by Gasteiger charge is 2.27. The highest BCUT2D eigenvalue weighted by atomic mass is 19.1. The van der Waals surface area contributed by atoms with Gasteiger partial charge in [-0.25, -0.2) is 18.6 Å². The molecule has 136 valence electrons. The van der Waals surface area contributed by atoms with Gasteiger partial charge in [-0.2, -0.15) is 4.98 Å². The van der Waals surface area contributed by atoms with Crippen LogP contribution in [0.5, 0.6) is 0 Å². The lowest BCUT2D eigenvalue weighted by Crippen LogP contribution is -2.31. The highest BCUT2D eigenvalue weighted by molar-refractivity contribution is 5.65. The summed E-state index contributed by atoms with van der Waals surface area (Å²) in [5.41, 5.74) is 2.49. The molecular formula is C17H21FN8. The smallest absolute Gasteiger partial charge is 0.245 e. The maximum absolute atomic E-state index is 13.1. The van der Waals surface area contributed by atoms with E-state index in [1.807, 2.05) is 31.9 Å². The van der Waals surface area contributed by atoms with E-state index in [9.17, 15) is 4.39 Å². The Hall–Kier alpha value is -2.84. The molecule has 0 aromatic carbocycles. The molecule has 1 saturated heterocycles. The van der Waals surface area contributed by atoms with Crippen LogP contribution in [0.3, 0.4) is 0 Å². The molecule has 0 N–H and O–H groups in total. The largest absolute Gasteiger partial charge is 0.334 e. The molecule has 4 heterocycles. The molecule has 3 aromatic heterocycles. The van der Waals surface area contributed by atoms with Crippen LogP contribution < -0.4 is 4.90 Å². The lowest BCUT2D eigenvalue weighted by Gasteiger charge is -2.19. The van der Waals surface area contributed by atoms with Gasteiger partial charge in [0.1, 0.15) is 6.67 Å². The van der Waals surface area contributed by atoms with Crippen LogP contribution in [0, 0.1) is 13.8 Å². The zero-order chi connectivity index (χ0) is 18.3. The third kappa shape index (κ3) is 2.83. The minimum atomic E-state index is -0.374. The first-order valence-corrected chi connectivity index (χ1v) is 8.67. The van der Waals surface area contributed by atoms with Crippen LogP contribution in [-0.2, 0) is 7.05 Å². The Bertz CT molecular complexity index is 934. The fourth-order valence-electron chi connectivity index (χ4n) is 3.24. The minimum absolute atomic E-state index is 0.118. The molecular weight excluding hydrogens is 335 g/mol. The van der Waals surface area contributed by atoms with Gasteiger partial charge in [-0.1, -0.05) is 0 Å². The topological polar surface area (TPSA) is 77.0 Å². The Labute approximate surface area is 150 Å². The van der Waals surface area contributed by atoms with Crippen molar-refractivity contribution in [3.63, 3.8) is 0 Å². The quantitative estimate of drug-likeness (QED) is 0.711. The summed E-state index contributed by atoms with van der Waals surface area (Å²) in [6.45, 7) is 4.26. The van der Waals surface area contributed by atoms with Crippen molar-refractivity contribution in [1.82, 2.24) is 34.3 Å². The predicted molar refractivity (Wildman–Crippen MR) is 96.5 cm³/mol. The Morgan fingerprint density at radius 3 is 2.85 bits per heavy atom. The molecule has 1 aliphatic heterocycles. The number of anilines is 1. The summed E-state index contributed by atoms with van der Waals surface area (Å²) >= 11 is 0. The fourth-order valence-corrected chi connectivity index (χ4v) is 3.24. The SMILES string of the molecule is Cc1ncc(C)n2nc(/C=C/c3nc(N4CCC[C@H]4CF)nn3C)nc12. The summed E-state index contributed by atoms with van der Waals surface area (Å²) < 4.78 is 16.6. The first-order valence-electron chi connectivity index (χ1n) is 8.67. The van der Waals surface area contributed by atoms with Gasteiger partial charge in [0.15, 0.2) is 17.3 Å². The maximum Gasteiger partial charge on any atom is 0.245 e. The number of alkyl halides is 1. The van der Waals surface area contributed by atoms with E-state index < -0.39 is 0 Å². The van der Waals surface area contributed by atoms with E-state index in [1.54, 1.807) is 21.5 Å². The van der Waals surface area contributed by atoms with E-state index >= 15 is 0 Å². The van der Waals surface area contributed by atoms with E-state index in [1.165, 1.54) is 0 Å².